The Hall–Kier alpha value is -1.84. The zero-order chi connectivity index (χ0) is 16.6. The summed E-state index contributed by atoms with van der Waals surface area (Å²) in [6, 6.07) is 19.5. The highest BCUT2D eigenvalue weighted by molar-refractivity contribution is 5.32. The maximum atomic E-state index is 11.3. The van der Waals surface area contributed by atoms with Gasteiger partial charge in [-0.2, -0.15) is 0 Å². The van der Waals surface area contributed by atoms with Gasteiger partial charge >= 0.3 is 0 Å². The summed E-state index contributed by atoms with van der Waals surface area (Å²) in [5, 5.41) is 11.3. The Bertz CT molecular complexity index is 669. The molecule has 0 radical (unpaired) electrons. The summed E-state index contributed by atoms with van der Waals surface area (Å²) in [6.45, 7) is 0.995. The van der Waals surface area contributed by atoms with E-state index in [-0.39, 0.29) is 0 Å². The molecule has 0 aliphatic carbocycles. The van der Waals surface area contributed by atoms with E-state index < -0.39 is 5.60 Å². The molecule has 4 rings (SSSR count). The molecular weight excluding hydrogens is 298 g/mol. The molecular formula is C21H25NO2. The van der Waals surface area contributed by atoms with Crippen molar-refractivity contribution >= 4 is 0 Å². The lowest BCUT2D eigenvalue weighted by Crippen LogP contribution is -2.49. The lowest BCUT2D eigenvalue weighted by molar-refractivity contribution is -0.0595. The monoisotopic (exact) mass is 323 g/mol. The molecule has 3 atom stereocenters. The second kappa shape index (κ2) is 6.23. The van der Waals surface area contributed by atoms with Gasteiger partial charge in [-0.25, -0.2) is 0 Å². The highest BCUT2D eigenvalue weighted by Crippen LogP contribution is 2.46. The van der Waals surface area contributed by atoms with Gasteiger partial charge in [0.2, 0.25) is 0 Å². The van der Waals surface area contributed by atoms with Crippen molar-refractivity contribution in [1.29, 1.82) is 0 Å². The van der Waals surface area contributed by atoms with Crippen LogP contribution < -0.4 is 4.74 Å². The smallest absolute Gasteiger partial charge is 0.118 e. The first-order chi connectivity index (χ1) is 11.7. The molecule has 2 heterocycles. The molecule has 2 aliphatic rings. The number of methoxy groups -OCH3 is 1. The van der Waals surface area contributed by atoms with Crippen LogP contribution in [0.2, 0.25) is 0 Å². The number of aliphatic hydroxyl groups is 1. The zero-order valence-corrected chi connectivity index (χ0v) is 14.2. The Morgan fingerprint density at radius 1 is 1.00 bits per heavy atom. The average Bonchev–Trinajstić information content (AvgIpc) is 2.86. The van der Waals surface area contributed by atoms with Gasteiger partial charge in [0.25, 0.3) is 0 Å². The summed E-state index contributed by atoms with van der Waals surface area (Å²) in [6.07, 6.45) is 4.03. The van der Waals surface area contributed by atoms with Crippen LogP contribution in [0.5, 0.6) is 5.75 Å². The van der Waals surface area contributed by atoms with Gasteiger partial charge < -0.3 is 9.84 Å². The van der Waals surface area contributed by atoms with Gasteiger partial charge in [0.15, 0.2) is 0 Å². The van der Waals surface area contributed by atoms with Crippen LogP contribution in [0.3, 0.4) is 0 Å². The summed E-state index contributed by atoms with van der Waals surface area (Å²) < 4.78 is 5.24. The third-order valence-corrected chi connectivity index (χ3v) is 5.75. The van der Waals surface area contributed by atoms with E-state index in [4.69, 9.17) is 4.74 Å². The molecule has 24 heavy (non-hydrogen) atoms. The van der Waals surface area contributed by atoms with Gasteiger partial charge in [-0.05, 0) is 48.9 Å². The van der Waals surface area contributed by atoms with Crippen LogP contribution in [-0.4, -0.2) is 29.2 Å². The summed E-state index contributed by atoms with van der Waals surface area (Å²) in [5.41, 5.74) is 1.69. The molecule has 3 nitrogen and oxygen atoms in total. The Labute approximate surface area is 143 Å². The molecule has 2 aliphatic heterocycles. The standard InChI is InChI=1S/C21H25NO2/c1-24-20-11-7-17(8-12-20)21(23)13-18-9-10-19(14-21)22(18)15-16-5-3-2-4-6-16/h2-8,11-12,18-19,23H,9-10,13-15H2,1H3/t18-,19+,21?. The van der Waals surface area contributed by atoms with E-state index in [1.165, 1.54) is 18.4 Å². The van der Waals surface area contributed by atoms with Crippen molar-refractivity contribution in [2.45, 2.75) is 49.9 Å². The van der Waals surface area contributed by atoms with Crippen LogP contribution in [0.15, 0.2) is 54.6 Å². The number of piperidine rings is 1. The molecule has 1 unspecified atom stereocenters. The molecule has 2 aromatic rings. The minimum atomic E-state index is -0.703. The molecule has 126 valence electrons. The second-order valence-corrected chi connectivity index (χ2v) is 7.21. The minimum absolute atomic E-state index is 0.469. The second-order valence-electron chi connectivity index (χ2n) is 7.21. The van der Waals surface area contributed by atoms with Crippen LogP contribution in [-0.2, 0) is 12.1 Å². The van der Waals surface area contributed by atoms with Crippen molar-refractivity contribution in [2.75, 3.05) is 7.11 Å². The zero-order valence-electron chi connectivity index (χ0n) is 14.2. The maximum absolute atomic E-state index is 11.3. The maximum Gasteiger partial charge on any atom is 0.118 e. The van der Waals surface area contributed by atoms with Crippen LogP contribution in [0, 0.1) is 0 Å². The van der Waals surface area contributed by atoms with E-state index in [0.717, 1.165) is 30.7 Å². The molecule has 2 fully saturated rings. The van der Waals surface area contributed by atoms with Gasteiger partial charge in [0.1, 0.15) is 5.75 Å². The molecule has 2 aromatic carbocycles. The van der Waals surface area contributed by atoms with E-state index in [9.17, 15) is 5.11 Å². The molecule has 0 aromatic heterocycles. The SMILES string of the molecule is COc1ccc(C2(O)C[C@H]3CC[C@@H](C2)N3Cc2ccccc2)cc1. The number of nitrogens with zero attached hydrogens (tertiary/aromatic N) is 1. The largest absolute Gasteiger partial charge is 0.497 e. The predicted molar refractivity (Wildman–Crippen MR) is 94.9 cm³/mol. The van der Waals surface area contributed by atoms with Gasteiger partial charge in [-0.15, -0.1) is 0 Å². The first-order valence-electron chi connectivity index (χ1n) is 8.84. The fraction of sp³-hybridized carbons (Fsp3) is 0.429. The van der Waals surface area contributed by atoms with Crippen molar-refractivity contribution in [1.82, 2.24) is 4.90 Å². The Morgan fingerprint density at radius 2 is 1.62 bits per heavy atom. The molecule has 3 heteroatoms. The summed E-state index contributed by atoms with van der Waals surface area (Å²) in [7, 11) is 1.67. The van der Waals surface area contributed by atoms with Crippen molar-refractivity contribution < 1.29 is 9.84 Å². The number of fused-ring (bicyclic) bond motifs is 2. The first-order valence-corrected chi connectivity index (χ1v) is 8.84. The quantitative estimate of drug-likeness (QED) is 0.931. The Morgan fingerprint density at radius 3 is 2.21 bits per heavy atom. The molecule has 0 saturated carbocycles. The number of ether oxygens (including phenoxy) is 1. The first kappa shape index (κ1) is 15.7. The molecule has 0 spiro atoms. The number of benzene rings is 2. The van der Waals surface area contributed by atoms with E-state index in [2.05, 4.69) is 35.2 Å². The van der Waals surface area contributed by atoms with Gasteiger partial charge in [-0.1, -0.05) is 42.5 Å². The topological polar surface area (TPSA) is 32.7 Å². The fourth-order valence-electron chi connectivity index (χ4n) is 4.51. The van der Waals surface area contributed by atoms with Gasteiger partial charge in [0, 0.05) is 18.6 Å². The van der Waals surface area contributed by atoms with Crippen LogP contribution in [0.1, 0.15) is 36.8 Å². The lowest BCUT2D eigenvalue weighted by atomic mass is 9.80. The minimum Gasteiger partial charge on any atom is -0.497 e. The van der Waals surface area contributed by atoms with Crippen LogP contribution in [0.4, 0.5) is 0 Å². The van der Waals surface area contributed by atoms with Gasteiger partial charge in [-0.3, -0.25) is 4.90 Å². The molecule has 1 N–H and O–H groups in total. The molecule has 2 saturated heterocycles. The van der Waals surface area contributed by atoms with E-state index >= 15 is 0 Å². The third kappa shape index (κ3) is 2.83. The van der Waals surface area contributed by atoms with Crippen LogP contribution >= 0.6 is 0 Å². The molecule has 0 amide bonds. The summed E-state index contributed by atoms with van der Waals surface area (Å²) in [4.78, 5) is 2.60. The number of rotatable bonds is 4. The lowest BCUT2D eigenvalue weighted by Gasteiger charge is -2.44. The number of hydrogen-bond donors (Lipinski definition) is 1. The van der Waals surface area contributed by atoms with Gasteiger partial charge in [0.05, 0.1) is 12.7 Å². The summed E-state index contributed by atoms with van der Waals surface area (Å²) in [5.74, 6) is 0.840. The number of hydrogen-bond acceptors (Lipinski definition) is 3. The highest BCUT2D eigenvalue weighted by Gasteiger charge is 2.48. The van der Waals surface area contributed by atoms with Crippen molar-refractivity contribution in [3.8, 4) is 5.75 Å². The van der Waals surface area contributed by atoms with E-state index in [1.54, 1.807) is 7.11 Å². The molecule has 2 bridgehead atoms. The van der Waals surface area contributed by atoms with Crippen molar-refractivity contribution in [3.63, 3.8) is 0 Å². The third-order valence-electron chi connectivity index (χ3n) is 5.75. The highest BCUT2D eigenvalue weighted by atomic mass is 16.5. The van der Waals surface area contributed by atoms with Crippen molar-refractivity contribution in [3.05, 3.63) is 65.7 Å². The fourth-order valence-corrected chi connectivity index (χ4v) is 4.51. The van der Waals surface area contributed by atoms with Crippen molar-refractivity contribution in [2.24, 2.45) is 0 Å². The normalized spacial score (nSPS) is 29.6. The Kier molecular flexibility index (Phi) is 4.07. The average molecular weight is 323 g/mol. The Balaban J connectivity index is 1.52. The van der Waals surface area contributed by atoms with E-state index in [0.29, 0.717) is 12.1 Å². The van der Waals surface area contributed by atoms with Crippen LogP contribution in [0.25, 0.3) is 0 Å². The van der Waals surface area contributed by atoms with E-state index in [1.807, 2.05) is 24.3 Å². The summed E-state index contributed by atoms with van der Waals surface area (Å²) >= 11 is 0. The predicted octanol–water partition coefficient (Wildman–Crippen LogP) is 3.71.